The molecule has 3 rings (SSSR count). The summed E-state index contributed by atoms with van der Waals surface area (Å²) in [7, 11) is 0. The number of rotatable bonds is 8. The highest BCUT2D eigenvalue weighted by molar-refractivity contribution is 5.97. The van der Waals surface area contributed by atoms with Crippen LogP contribution in [0, 0.1) is 6.92 Å². The van der Waals surface area contributed by atoms with Crippen LogP contribution in [0.5, 0.6) is 0 Å². The van der Waals surface area contributed by atoms with Gasteiger partial charge in [-0.1, -0.05) is 49.4 Å². The Balaban J connectivity index is 1.48. The number of aryl methyl sites for hydroxylation is 1. The fraction of sp³-hybridized carbons (Fsp3) is 0.417. The second kappa shape index (κ2) is 10.9. The summed E-state index contributed by atoms with van der Waals surface area (Å²) in [5.41, 5.74) is 3.85. The Morgan fingerprint density at radius 3 is 2.20 bits per heavy atom. The maximum absolute atomic E-state index is 12.3. The minimum atomic E-state index is -0.227. The molecule has 1 aliphatic rings. The van der Waals surface area contributed by atoms with Crippen LogP contribution in [0.2, 0.25) is 0 Å². The molecular weight excluding hydrogens is 376 g/mol. The average molecular weight is 409 g/mol. The fourth-order valence-corrected chi connectivity index (χ4v) is 3.73. The molecule has 30 heavy (non-hydrogen) atoms. The molecule has 0 spiro atoms. The number of amides is 2. The van der Waals surface area contributed by atoms with Gasteiger partial charge < -0.3 is 15.5 Å². The highest BCUT2D eigenvalue weighted by Gasteiger charge is 2.17. The van der Waals surface area contributed by atoms with Crippen molar-refractivity contribution in [2.24, 2.45) is 0 Å². The zero-order valence-corrected chi connectivity index (χ0v) is 18.0. The van der Waals surface area contributed by atoms with Crippen molar-refractivity contribution in [3.05, 3.63) is 70.8 Å². The lowest BCUT2D eigenvalue weighted by atomic mass is 10.1. The minimum Gasteiger partial charge on any atom is -0.350 e. The van der Waals surface area contributed by atoms with E-state index in [0.717, 1.165) is 50.4 Å². The van der Waals surface area contributed by atoms with E-state index in [2.05, 4.69) is 39.5 Å². The number of likely N-dealkylation sites (N-methyl/N-ethyl adjacent to an activating group) is 1. The van der Waals surface area contributed by atoms with Crippen LogP contribution in [-0.4, -0.2) is 60.9 Å². The van der Waals surface area contributed by atoms with Gasteiger partial charge >= 0.3 is 0 Å². The molecule has 6 heteroatoms. The van der Waals surface area contributed by atoms with Crippen LogP contribution in [0.25, 0.3) is 0 Å². The summed E-state index contributed by atoms with van der Waals surface area (Å²) >= 11 is 0. The average Bonchev–Trinajstić information content (AvgIpc) is 2.77. The molecule has 1 aliphatic heterocycles. The quantitative estimate of drug-likeness (QED) is 0.703. The van der Waals surface area contributed by atoms with Crippen molar-refractivity contribution < 1.29 is 9.59 Å². The fourth-order valence-electron chi connectivity index (χ4n) is 3.73. The number of benzene rings is 2. The molecule has 6 nitrogen and oxygen atoms in total. The lowest BCUT2D eigenvalue weighted by Gasteiger charge is -2.34. The van der Waals surface area contributed by atoms with E-state index in [9.17, 15) is 9.59 Å². The molecule has 2 amide bonds. The summed E-state index contributed by atoms with van der Waals surface area (Å²) in [6, 6.07) is 15.6. The van der Waals surface area contributed by atoms with E-state index in [1.54, 1.807) is 6.07 Å². The van der Waals surface area contributed by atoms with Crippen molar-refractivity contribution >= 4 is 11.8 Å². The van der Waals surface area contributed by atoms with E-state index in [1.807, 2.05) is 37.3 Å². The molecule has 0 bridgehead atoms. The smallest absolute Gasteiger partial charge is 0.251 e. The maximum atomic E-state index is 12.3. The Labute approximate surface area is 179 Å². The van der Waals surface area contributed by atoms with E-state index in [1.165, 1.54) is 5.56 Å². The Bertz CT molecular complexity index is 860. The molecule has 0 unspecified atom stereocenters. The van der Waals surface area contributed by atoms with Crippen molar-refractivity contribution in [1.29, 1.82) is 0 Å². The summed E-state index contributed by atoms with van der Waals surface area (Å²) in [5, 5.41) is 5.64. The minimum absolute atomic E-state index is 0.0334. The summed E-state index contributed by atoms with van der Waals surface area (Å²) in [4.78, 5) is 29.5. The highest BCUT2D eigenvalue weighted by atomic mass is 16.2. The van der Waals surface area contributed by atoms with Gasteiger partial charge in [0.25, 0.3) is 5.91 Å². The largest absolute Gasteiger partial charge is 0.350 e. The summed E-state index contributed by atoms with van der Waals surface area (Å²) < 4.78 is 0. The predicted molar refractivity (Wildman–Crippen MR) is 119 cm³/mol. The highest BCUT2D eigenvalue weighted by Crippen LogP contribution is 2.13. The van der Waals surface area contributed by atoms with E-state index in [0.29, 0.717) is 12.1 Å². The monoisotopic (exact) mass is 408 g/mol. The van der Waals surface area contributed by atoms with Crippen LogP contribution in [0.1, 0.15) is 34.0 Å². The topological polar surface area (TPSA) is 64.7 Å². The first-order valence-electron chi connectivity index (χ1n) is 10.7. The molecule has 0 radical (unpaired) electrons. The molecule has 0 aliphatic carbocycles. The number of hydrogen-bond donors (Lipinski definition) is 2. The Morgan fingerprint density at radius 1 is 0.867 bits per heavy atom. The van der Waals surface area contributed by atoms with Gasteiger partial charge in [0.1, 0.15) is 0 Å². The zero-order valence-electron chi connectivity index (χ0n) is 18.0. The van der Waals surface area contributed by atoms with Gasteiger partial charge in [0.15, 0.2) is 0 Å². The van der Waals surface area contributed by atoms with Crippen LogP contribution < -0.4 is 10.6 Å². The van der Waals surface area contributed by atoms with Crippen LogP contribution in [-0.2, 0) is 17.9 Å². The molecule has 0 saturated carbocycles. The molecule has 2 N–H and O–H groups in total. The Hall–Kier alpha value is -2.70. The second-order valence-corrected chi connectivity index (χ2v) is 7.75. The van der Waals surface area contributed by atoms with Crippen molar-refractivity contribution in [3.63, 3.8) is 0 Å². The standard InChI is InChI=1S/C24H32N4O2/c1-3-27-12-14-28(15-13-27)18-21-10-6-5-9-20(21)16-25-23(29)17-26-24(30)22-11-7-4-8-19(22)2/h4-11H,3,12-18H2,1-2H3,(H,25,29)(H,26,30). The molecule has 1 saturated heterocycles. The van der Waals surface area contributed by atoms with Gasteiger partial charge in [0.05, 0.1) is 6.54 Å². The molecule has 1 fully saturated rings. The number of hydrogen-bond acceptors (Lipinski definition) is 4. The third-order valence-corrected chi connectivity index (χ3v) is 5.70. The van der Waals surface area contributed by atoms with Gasteiger partial charge in [-0.2, -0.15) is 0 Å². The van der Waals surface area contributed by atoms with E-state index < -0.39 is 0 Å². The molecule has 160 valence electrons. The molecule has 2 aromatic rings. The van der Waals surface area contributed by atoms with Crippen LogP contribution >= 0.6 is 0 Å². The first kappa shape index (κ1) is 22.0. The van der Waals surface area contributed by atoms with Crippen LogP contribution in [0.3, 0.4) is 0 Å². The second-order valence-electron chi connectivity index (χ2n) is 7.75. The van der Waals surface area contributed by atoms with Gasteiger partial charge in [-0.3, -0.25) is 14.5 Å². The third-order valence-electron chi connectivity index (χ3n) is 5.70. The Kier molecular flexibility index (Phi) is 7.99. The first-order valence-corrected chi connectivity index (χ1v) is 10.7. The molecular formula is C24H32N4O2. The molecule has 1 heterocycles. The summed E-state index contributed by atoms with van der Waals surface area (Å²) in [6.45, 7) is 10.9. The van der Waals surface area contributed by atoms with Gasteiger partial charge in [0.2, 0.25) is 5.91 Å². The predicted octanol–water partition coefficient (Wildman–Crippen LogP) is 2.18. The number of carbonyl (C=O) groups is 2. The normalized spacial score (nSPS) is 15.0. The Morgan fingerprint density at radius 2 is 1.50 bits per heavy atom. The lowest BCUT2D eigenvalue weighted by Crippen LogP contribution is -2.45. The van der Waals surface area contributed by atoms with Crippen molar-refractivity contribution in [2.45, 2.75) is 26.9 Å². The van der Waals surface area contributed by atoms with Gasteiger partial charge in [-0.25, -0.2) is 0 Å². The number of piperazine rings is 1. The lowest BCUT2D eigenvalue weighted by molar-refractivity contribution is -0.120. The zero-order chi connectivity index (χ0) is 21.3. The first-order chi connectivity index (χ1) is 14.6. The summed E-state index contributed by atoms with van der Waals surface area (Å²) in [5.74, 6) is -0.418. The molecule has 0 aromatic heterocycles. The van der Waals surface area contributed by atoms with Crippen LogP contribution in [0.4, 0.5) is 0 Å². The van der Waals surface area contributed by atoms with Crippen molar-refractivity contribution in [2.75, 3.05) is 39.3 Å². The number of carbonyl (C=O) groups excluding carboxylic acids is 2. The number of nitrogens with one attached hydrogen (secondary N) is 2. The van der Waals surface area contributed by atoms with Gasteiger partial charge in [-0.05, 0) is 36.2 Å². The SMILES string of the molecule is CCN1CCN(Cc2ccccc2CNC(=O)CNC(=O)c2ccccc2C)CC1. The van der Waals surface area contributed by atoms with E-state index in [-0.39, 0.29) is 18.4 Å². The van der Waals surface area contributed by atoms with Crippen molar-refractivity contribution in [3.8, 4) is 0 Å². The molecule has 2 aromatic carbocycles. The van der Waals surface area contributed by atoms with Crippen LogP contribution in [0.15, 0.2) is 48.5 Å². The van der Waals surface area contributed by atoms with E-state index in [4.69, 9.17) is 0 Å². The van der Waals surface area contributed by atoms with Crippen molar-refractivity contribution in [1.82, 2.24) is 20.4 Å². The summed E-state index contributed by atoms with van der Waals surface area (Å²) in [6.07, 6.45) is 0. The maximum Gasteiger partial charge on any atom is 0.251 e. The van der Waals surface area contributed by atoms with E-state index >= 15 is 0 Å². The van der Waals surface area contributed by atoms with Gasteiger partial charge in [0, 0.05) is 44.8 Å². The number of nitrogens with zero attached hydrogens (tertiary/aromatic N) is 2. The molecule has 0 atom stereocenters. The third kappa shape index (κ3) is 6.15. The van der Waals surface area contributed by atoms with Gasteiger partial charge in [-0.15, -0.1) is 0 Å².